The van der Waals surface area contributed by atoms with Crippen molar-refractivity contribution >= 4 is 17.5 Å². The van der Waals surface area contributed by atoms with E-state index in [9.17, 15) is 0 Å². The molecule has 0 saturated heterocycles. The number of hydrogen-bond donors (Lipinski definition) is 1. The number of ether oxygens (including phenoxy) is 1. The van der Waals surface area contributed by atoms with E-state index in [1.165, 1.54) is 0 Å². The molecule has 1 aromatic heterocycles. The maximum Gasteiger partial charge on any atom is 0.323 e. The van der Waals surface area contributed by atoms with Gasteiger partial charge in [-0.3, -0.25) is 0 Å². The van der Waals surface area contributed by atoms with Crippen molar-refractivity contribution in [1.29, 1.82) is 0 Å². The molecule has 0 atom stereocenters. The minimum Gasteiger partial charge on any atom is -0.450 e. The molecule has 1 aromatic rings. The highest BCUT2D eigenvalue weighted by Crippen LogP contribution is 2.10. The zero-order valence-electron chi connectivity index (χ0n) is 8.33. The lowest BCUT2D eigenvalue weighted by atomic mass is 10.5. The molecule has 80 valence electrons. The third-order valence-corrected chi connectivity index (χ3v) is 1.57. The number of anilines is 1. The first-order valence-corrected chi connectivity index (χ1v) is 4.85. The van der Waals surface area contributed by atoms with Gasteiger partial charge in [0.15, 0.2) is 6.61 Å². The predicted molar refractivity (Wildman–Crippen MR) is 57.9 cm³/mol. The van der Waals surface area contributed by atoms with Crippen molar-refractivity contribution in [3.05, 3.63) is 5.28 Å². The standard InChI is InChI=1S/C9H11ClN4O/c1-3-5-11-8-12-7(10)13-9(14-8)15-6-4-2/h2H,3,5-6H2,1H3,(H,11,12,13,14). The minimum atomic E-state index is 0.0793. The van der Waals surface area contributed by atoms with E-state index in [4.69, 9.17) is 22.8 Å². The Kier molecular flexibility index (Phi) is 4.64. The molecule has 6 heteroatoms. The molecule has 0 unspecified atom stereocenters. The first-order chi connectivity index (χ1) is 7.26. The Bertz CT molecular complexity index is 364. The van der Waals surface area contributed by atoms with E-state index in [0.29, 0.717) is 5.95 Å². The Morgan fingerprint density at radius 2 is 2.27 bits per heavy atom. The van der Waals surface area contributed by atoms with Gasteiger partial charge in [-0.1, -0.05) is 12.8 Å². The third-order valence-electron chi connectivity index (χ3n) is 1.41. The van der Waals surface area contributed by atoms with Crippen LogP contribution >= 0.6 is 11.6 Å². The second-order valence-corrected chi connectivity index (χ2v) is 2.97. The van der Waals surface area contributed by atoms with Gasteiger partial charge in [0.1, 0.15) is 0 Å². The molecule has 0 aromatic carbocycles. The maximum atomic E-state index is 5.67. The monoisotopic (exact) mass is 226 g/mol. The van der Waals surface area contributed by atoms with Crippen LogP contribution in [-0.4, -0.2) is 28.1 Å². The lowest BCUT2D eigenvalue weighted by molar-refractivity contribution is 0.339. The van der Waals surface area contributed by atoms with Crippen LogP contribution in [0.2, 0.25) is 5.28 Å². The molecule has 5 nitrogen and oxygen atoms in total. The number of halogens is 1. The topological polar surface area (TPSA) is 59.9 Å². The van der Waals surface area contributed by atoms with Crippen LogP contribution < -0.4 is 10.1 Å². The quantitative estimate of drug-likeness (QED) is 0.769. The Hall–Kier alpha value is -1.54. The van der Waals surface area contributed by atoms with Crippen LogP contribution in [0.4, 0.5) is 5.95 Å². The Morgan fingerprint density at radius 3 is 2.93 bits per heavy atom. The fourth-order valence-electron chi connectivity index (χ4n) is 0.819. The summed E-state index contributed by atoms with van der Waals surface area (Å²) in [6, 6.07) is 0.131. The van der Waals surface area contributed by atoms with Crippen LogP contribution in [0.25, 0.3) is 0 Å². The number of rotatable bonds is 5. The summed E-state index contributed by atoms with van der Waals surface area (Å²) in [6.07, 6.45) is 6.00. The van der Waals surface area contributed by atoms with E-state index < -0.39 is 0 Å². The van der Waals surface area contributed by atoms with Crippen LogP contribution in [-0.2, 0) is 0 Å². The first-order valence-electron chi connectivity index (χ1n) is 4.48. The SMILES string of the molecule is C#CCOc1nc(Cl)nc(NCCC)n1. The molecule has 0 amide bonds. The maximum absolute atomic E-state index is 5.67. The van der Waals surface area contributed by atoms with Crippen molar-refractivity contribution in [2.45, 2.75) is 13.3 Å². The predicted octanol–water partition coefficient (Wildman–Crippen LogP) is 1.36. The molecule has 0 aliphatic heterocycles. The summed E-state index contributed by atoms with van der Waals surface area (Å²) in [5, 5.41) is 3.05. The van der Waals surface area contributed by atoms with Crippen molar-refractivity contribution in [1.82, 2.24) is 15.0 Å². The minimum absolute atomic E-state index is 0.0793. The van der Waals surface area contributed by atoms with Gasteiger partial charge in [-0.05, 0) is 18.0 Å². The summed E-state index contributed by atoms with van der Waals surface area (Å²) in [7, 11) is 0. The molecular weight excluding hydrogens is 216 g/mol. The van der Waals surface area contributed by atoms with E-state index in [1.54, 1.807) is 0 Å². The number of aromatic nitrogens is 3. The fourth-order valence-corrected chi connectivity index (χ4v) is 0.971. The molecule has 0 radical (unpaired) electrons. The second-order valence-electron chi connectivity index (χ2n) is 2.63. The highest BCUT2D eigenvalue weighted by atomic mass is 35.5. The van der Waals surface area contributed by atoms with Crippen molar-refractivity contribution in [2.24, 2.45) is 0 Å². The van der Waals surface area contributed by atoms with Gasteiger partial charge < -0.3 is 10.1 Å². The van der Waals surface area contributed by atoms with Crippen molar-refractivity contribution in [3.8, 4) is 18.4 Å². The van der Waals surface area contributed by atoms with Gasteiger partial charge in [-0.15, -0.1) is 6.42 Å². The summed E-state index contributed by atoms with van der Waals surface area (Å²) < 4.78 is 5.03. The van der Waals surface area contributed by atoms with E-state index in [2.05, 4.69) is 26.2 Å². The van der Waals surface area contributed by atoms with Gasteiger partial charge >= 0.3 is 6.01 Å². The van der Waals surface area contributed by atoms with Gasteiger partial charge in [-0.2, -0.15) is 15.0 Å². The molecule has 0 aliphatic carbocycles. The zero-order valence-corrected chi connectivity index (χ0v) is 9.08. The summed E-state index contributed by atoms with van der Waals surface area (Å²) >= 11 is 5.67. The number of nitrogens with one attached hydrogen (secondary N) is 1. The molecule has 0 spiro atoms. The molecule has 1 N–H and O–H groups in total. The van der Waals surface area contributed by atoms with Gasteiger partial charge in [0, 0.05) is 6.54 Å². The molecule has 1 rings (SSSR count). The Labute approximate surface area is 93.2 Å². The van der Waals surface area contributed by atoms with Crippen LogP contribution in [0, 0.1) is 12.3 Å². The highest BCUT2D eigenvalue weighted by molar-refractivity contribution is 6.28. The number of terminal acetylenes is 1. The van der Waals surface area contributed by atoms with Crippen molar-refractivity contribution < 1.29 is 4.74 Å². The average molecular weight is 227 g/mol. The number of hydrogen-bond acceptors (Lipinski definition) is 5. The van der Waals surface area contributed by atoms with Crippen LogP contribution in [0.3, 0.4) is 0 Å². The average Bonchev–Trinajstić information content (AvgIpc) is 2.23. The smallest absolute Gasteiger partial charge is 0.323 e. The molecule has 0 bridgehead atoms. The van der Waals surface area contributed by atoms with Gasteiger partial charge in [0.2, 0.25) is 11.2 Å². The normalized spacial score (nSPS) is 9.40. The largest absolute Gasteiger partial charge is 0.450 e. The summed E-state index contributed by atoms with van der Waals surface area (Å²) in [6.45, 7) is 2.90. The van der Waals surface area contributed by atoms with E-state index in [-0.39, 0.29) is 17.9 Å². The van der Waals surface area contributed by atoms with E-state index in [0.717, 1.165) is 13.0 Å². The first kappa shape index (κ1) is 11.5. The fraction of sp³-hybridized carbons (Fsp3) is 0.444. The third kappa shape index (κ3) is 4.00. The molecule has 1 heterocycles. The van der Waals surface area contributed by atoms with Crippen LogP contribution in [0.5, 0.6) is 6.01 Å². The summed E-state index contributed by atoms with van der Waals surface area (Å²) in [5.41, 5.74) is 0. The van der Waals surface area contributed by atoms with Crippen molar-refractivity contribution in [3.63, 3.8) is 0 Å². The second kappa shape index (κ2) is 6.04. The lowest BCUT2D eigenvalue weighted by Gasteiger charge is -2.04. The van der Waals surface area contributed by atoms with Crippen molar-refractivity contribution in [2.75, 3.05) is 18.5 Å². The molecular formula is C9H11ClN4O. The summed E-state index contributed by atoms with van der Waals surface area (Å²) in [5.74, 6) is 2.70. The van der Waals surface area contributed by atoms with Gasteiger partial charge in [0.05, 0.1) is 0 Å². The Morgan fingerprint density at radius 1 is 1.47 bits per heavy atom. The van der Waals surface area contributed by atoms with Gasteiger partial charge in [-0.25, -0.2) is 0 Å². The zero-order chi connectivity index (χ0) is 11.1. The van der Waals surface area contributed by atoms with E-state index >= 15 is 0 Å². The molecule has 0 aliphatic rings. The lowest BCUT2D eigenvalue weighted by Crippen LogP contribution is -2.07. The Balaban J connectivity index is 2.71. The highest BCUT2D eigenvalue weighted by Gasteiger charge is 2.04. The molecule has 15 heavy (non-hydrogen) atoms. The van der Waals surface area contributed by atoms with Crippen LogP contribution in [0.1, 0.15) is 13.3 Å². The van der Waals surface area contributed by atoms with E-state index in [1.807, 2.05) is 6.92 Å². The van der Waals surface area contributed by atoms with Crippen LogP contribution in [0.15, 0.2) is 0 Å². The molecule has 0 fully saturated rings. The number of nitrogens with zero attached hydrogens (tertiary/aromatic N) is 3. The molecule has 0 saturated carbocycles. The van der Waals surface area contributed by atoms with Gasteiger partial charge in [0.25, 0.3) is 0 Å². The summed E-state index contributed by atoms with van der Waals surface area (Å²) in [4.78, 5) is 11.6.